The third-order valence-electron chi connectivity index (χ3n) is 2.65. The zero-order valence-corrected chi connectivity index (χ0v) is 10.2. The van der Waals surface area contributed by atoms with Gasteiger partial charge in [-0.15, -0.1) is 0 Å². The second kappa shape index (κ2) is 4.43. The van der Waals surface area contributed by atoms with Gasteiger partial charge in [-0.3, -0.25) is 4.79 Å². The second-order valence-electron chi connectivity index (χ2n) is 3.95. The van der Waals surface area contributed by atoms with Crippen molar-refractivity contribution in [3.05, 3.63) is 28.2 Å². The standard InChI is InChI=1S/C11H13BrN2O2/c12-8-2-1-3-9(10(8)11(14)15)16-7-4-6(13)5-7/h1-3,6-7H,4-5,13H2,(H2,14,15). The molecule has 5 heteroatoms. The van der Waals surface area contributed by atoms with E-state index in [1.54, 1.807) is 12.1 Å². The molecular formula is C11H13BrN2O2. The van der Waals surface area contributed by atoms with Gasteiger partial charge >= 0.3 is 0 Å². The van der Waals surface area contributed by atoms with Crippen LogP contribution in [0.2, 0.25) is 0 Å². The number of hydrogen-bond donors (Lipinski definition) is 2. The van der Waals surface area contributed by atoms with Crippen LogP contribution in [0.4, 0.5) is 0 Å². The van der Waals surface area contributed by atoms with Crippen molar-refractivity contribution in [1.82, 2.24) is 0 Å². The average Bonchev–Trinajstić information content (AvgIpc) is 2.14. The maximum Gasteiger partial charge on any atom is 0.253 e. The smallest absolute Gasteiger partial charge is 0.253 e. The molecule has 0 spiro atoms. The van der Waals surface area contributed by atoms with Crippen molar-refractivity contribution in [2.45, 2.75) is 25.0 Å². The summed E-state index contributed by atoms with van der Waals surface area (Å²) in [7, 11) is 0. The van der Waals surface area contributed by atoms with Crippen LogP contribution in [-0.4, -0.2) is 18.1 Å². The van der Waals surface area contributed by atoms with Crippen molar-refractivity contribution in [1.29, 1.82) is 0 Å². The zero-order valence-electron chi connectivity index (χ0n) is 8.65. The van der Waals surface area contributed by atoms with E-state index < -0.39 is 5.91 Å². The van der Waals surface area contributed by atoms with Crippen LogP contribution in [0.3, 0.4) is 0 Å². The van der Waals surface area contributed by atoms with Crippen LogP contribution < -0.4 is 16.2 Å². The van der Waals surface area contributed by atoms with E-state index in [0.29, 0.717) is 15.8 Å². The highest BCUT2D eigenvalue weighted by Crippen LogP contribution is 2.30. The normalized spacial score (nSPS) is 23.6. The van der Waals surface area contributed by atoms with E-state index in [1.807, 2.05) is 6.07 Å². The molecule has 1 aliphatic rings. The Bertz CT molecular complexity index is 416. The highest BCUT2D eigenvalue weighted by molar-refractivity contribution is 9.10. The number of nitrogens with two attached hydrogens (primary N) is 2. The molecule has 1 aromatic carbocycles. The number of ether oxygens (including phenoxy) is 1. The number of primary amides is 1. The van der Waals surface area contributed by atoms with Gasteiger partial charge in [-0.25, -0.2) is 0 Å². The molecule has 4 N–H and O–H groups in total. The molecule has 86 valence electrons. The summed E-state index contributed by atoms with van der Waals surface area (Å²) in [5.41, 5.74) is 11.4. The summed E-state index contributed by atoms with van der Waals surface area (Å²) in [5, 5.41) is 0. The minimum atomic E-state index is -0.494. The van der Waals surface area contributed by atoms with Gasteiger partial charge in [-0.2, -0.15) is 0 Å². The first-order chi connectivity index (χ1) is 7.58. The molecule has 0 radical (unpaired) electrons. The average molecular weight is 285 g/mol. The highest BCUT2D eigenvalue weighted by Gasteiger charge is 2.29. The fourth-order valence-electron chi connectivity index (χ4n) is 1.72. The van der Waals surface area contributed by atoms with Gasteiger partial charge in [0.2, 0.25) is 0 Å². The first kappa shape index (κ1) is 11.4. The quantitative estimate of drug-likeness (QED) is 0.881. The van der Waals surface area contributed by atoms with Crippen LogP contribution in [0.25, 0.3) is 0 Å². The predicted octanol–water partition coefficient (Wildman–Crippen LogP) is 1.42. The van der Waals surface area contributed by atoms with Gasteiger partial charge in [-0.05, 0) is 40.9 Å². The number of carbonyl (C=O) groups is 1. The van der Waals surface area contributed by atoms with Gasteiger partial charge in [-0.1, -0.05) is 6.07 Å². The highest BCUT2D eigenvalue weighted by atomic mass is 79.9. The molecule has 0 heterocycles. The van der Waals surface area contributed by atoms with E-state index in [1.165, 1.54) is 0 Å². The van der Waals surface area contributed by atoms with Crippen LogP contribution in [-0.2, 0) is 0 Å². The summed E-state index contributed by atoms with van der Waals surface area (Å²) in [5.74, 6) is 0.0323. The lowest BCUT2D eigenvalue weighted by Gasteiger charge is -2.33. The van der Waals surface area contributed by atoms with Crippen LogP contribution >= 0.6 is 15.9 Å². The molecule has 0 aliphatic heterocycles. The third-order valence-corrected chi connectivity index (χ3v) is 3.31. The van der Waals surface area contributed by atoms with Crippen molar-refractivity contribution in [2.75, 3.05) is 0 Å². The van der Waals surface area contributed by atoms with Crippen molar-refractivity contribution < 1.29 is 9.53 Å². The fourth-order valence-corrected chi connectivity index (χ4v) is 2.27. The van der Waals surface area contributed by atoms with E-state index in [2.05, 4.69) is 15.9 Å². The van der Waals surface area contributed by atoms with E-state index in [-0.39, 0.29) is 12.1 Å². The third kappa shape index (κ3) is 2.20. The second-order valence-corrected chi connectivity index (χ2v) is 4.80. The molecule has 4 nitrogen and oxygen atoms in total. The van der Waals surface area contributed by atoms with E-state index >= 15 is 0 Å². The predicted molar refractivity (Wildman–Crippen MR) is 64.3 cm³/mol. The summed E-state index contributed by atoms with van der Waals surface area (Å²) in [4.78, 5) is 11.3. The summed E-state index contributed by atoms with van der Waals surface area (Å²) in [6, 6.07) is 5.53. The maximum absolute atomic E-state index is 11.3. The Kier molecular flexibility index (Phi) is 3.16. The van der Waals surface area contributed by atoms with Crippen LogP contribution in [0.5, 0.6) is 5.75 Å². The van der Waals surface area contributed by atoms with Crippen molar-refractivity contribution in [3.63, 3.8) is 0 Å². The topological polar surface area (TPSA) is 78.3 Å². The van der Waals surface area contributed by atoms with Crippen LogP contribution in [0.15, 0.2) is 22.7 Å². The van der Waals surface area contributed by atoms with Crippen molar-refractivity contribution >= 4 is 21.8 Å². The van der Waals surface area contributed by atoms with E-state index in [9.17, 15) is 4.79 Å². The summed E-state index contributed by atoms with van der Waals surface area (Å²) >= 11 is 3.28. The minimum Gasteiger partial charge on any atom is -0.489 e. The molecule has 1 fully saturated rings. The Hall–Kier alpha value is -1.07. The van der Waals surface area contributed by atoms with Gasteiger partial charge < -0.3 is 16.2 Å². The van der Waals surface area contributed by atoms with Crippen molar-refractivity contribution in [2.24, 2.45) is 11.5 Å². The monoisotopic (exact) mass is 284 g/mol. The lowest BCUT2D eigenvalue weighted by molar-refractivity contribution is 0.0926. The molecule has 1 amide bonds. The summed E-state index contributed by atoms with van der Waals surface area (Å²) in [6.07, 6.45) is 1.75. The fraction of sp³-hybridized carbons (Fsp3) is 0.364. The Labute approximate surface area is 102 Å². The van der Waals surface area contributed by atoms with Gasteiger partial charge in [0.1, 0.15) is 11.9 Å². The Morgan fingerprint density at radius 1 is 1.44 bits per heavy atom. The molecular weight excluding hydrogens is 272 g/mol. The molecule has 16 heavy (non-hydrogen) atoms. The Morgan fingerprint density at radius 3 is 2.69 bits per heavy atom. The van der Waals surface area contributed by atoms with Gasteiger partial charge in [0, 0.05) is 10.5 Å². The molecule has 1 aromatic rings. The van der Waals surface area contributed by atoms with Gasteiger partial charge in [0.15, 0.2) is 0 Å². The number of rotatable bonds is 3. The van der Waals surface area contributed by atoms with Crippen LogP contribution in [0.1, 0.15) is 23.2 Å². The largest absolute Gasteiger partial charge is 0.489 e. The molecule has 0 bridgehead atoms. The number of hydrogen-bond acceptors (Lipinski definition) is 3. The molecule has 0 unspecified atom stereocenters. The molecule has 0 saturated heterocycles. The van der Waals surface area contributed by atoms with Gasteiger partial charge in [0.05, 0.1) is 5.56 Å². The number of halogens is 1. The Balaban J connectivity index is 2.19. The Morgan fingerprint density at radius 2 is 2.12 bits per heavy atom. The van der Waals surface area contributed by atoms with E-state index in [0.717, 1.165) is 12.8 Å². The van der Waals surface area contributed by atoms with Gasteiger partial charge in [0.25, 0.3) is 5.91 Å². The number of amides is 1. The van der Waals surface area contributed by atoms with Crippen molar-refractivity contribution in [3.8, 4) is 5.75 Å². The number of carbonyl (C=O) groups excluding carboxylic acids is 1. The number of benzene rings is 1. The SMILES string of the molecule is NC(=O)c1c(Br)cccc1OC1CC(N)C1. The van der Waals surface area contributed by atoms with Crippen LogP contribution in [0, 0.1) is 0 Å². The minimum absolute atomic E-state index is 0.0994. The first-order valence-electron chi connectivity index (χ1n) is 5.08. The van der Waals surface area contributed by atoms with E-state index in [4.69, 9.17) is 16.2 Å². The lowest BCUT2D eigenvalue weighted by atomic mass is 9.90. The first-order valence-corrected chi connectivity index (χ1v) is 5.87. The molecule has 0 atom stereocenters. The summed E-state index contributed by atoms with van der Waals surface area (Å²) in [6.45, 7) is 0. The molecule has 2 rings (SSSR count). The molecule has 0 aromatic heterocycles. The molecule has 1 saturated carbocycles. The zero-order chi connectivity index (χ0) is 11.7. The molecule has 1 aliphatic carbocycles. The maximum atomic E-state index is 11.3. The lowest BCUT2D eigenvalue weighted by Crippen LogP contribution is -2.43. The summed E-state index contributed by atoms with van der Waals surface area (Å²) < 4.78 is 6.34.